The minimum atomic E-state index is -0.802. The first-order valence-electron chi connectivity index (χ1n) is 9.56. The van der Waals surface area contributed by atoms with Crippen molar-refractivity contribution in [2.75, 3.05) is 11.9 Å². The van der Waals surface area contributed by atoms with E-state index in [0.29, 0.717) is 29.7 Å². The van der Waals surface area contributed by atoms with Crippen LogP contribution in [0.1, 0.15) is 32.9 Å². The molecule has 0 radical (unpaired) electrons. The largest absolute Gasteiger partial charge is 0.349 e. The summed E-state index contributed by atoms with van der Waals surface area (Å²) in [5.74, 6) is 1.69. The molecular formula is C21H21N5O2S. The van der Waals surface area contributed by atoms with Crippen molar-refractivity contribution < 1.29 is 9.00 Å². The fraction of sp³-hybridized carbons (Fsp3) is 0.286. The van der Waals surface area contributed by atoms with Gasteiger partial charge in [-0.25, -0.2) is 9.97 Å². The maximum atomic E-state index is 12.3. The van der Waals surface area contributed by atoms with Crippen LogP contribution < -0.4 is 10.6 Å². The molecular weight excluding hydrogens is 386 g/mol. The van der Waals surface area contributed by atoms with Gasteiger partial charge < -0.3 is 15.2 Å². The van der Waals surface area contributed by atoms with E-state index >= 15 is 0 Å². The van der Waals surface area contributed by atoms with Crippen LogP contribution in [-0.2, 0) is 28.9 Å². The SMILES string of the molecule is Cc1c(-c2ccnc(Nc3ccc4c(c3)CS(=O)C4)n2)c(C)n2c1C(=O)NCC2. The van der Waals surface area contributed by atoms with Crippen LogP contribution in [0.4, 0.5) is 11.6 Å². The minimum absolute atomic E-state index is 0.0361. The van der Waals surface area contributed by atoms with Gasteiger partial charge in [0.15, 0.2) is 0 Å². The van der Waals surface area contributed by atoms with E-state index in [-0.39, 0.29) is 5.91 Å². The van der Waals surface area contributed by atoms with Crippen LogP contribution in [0.5, 0.6) is 0 Å². The number of benzene rings is 1. The number of hydrogen-bond donors (Lipinski definition) is 2. The summed E-state index contributed by atoms with van der Waals surface area (Å²) in [4.78, 5) is 21.4. The Morgan fingerprint density at radius 1 is 1.17 bits per heavy atom. The Balaban J connectivity index is 1.49. The van der Waals surface area contributed by atoms with Crippen LogP contribution in [0.25, 0.3) is 11.3 Å². The molecule has 1 unspecified atom stereocenters. The van der Waals surface area contributed by atoms with E-state index < -0.39 is 10.8 Å². The van der Waals surface area contributed by atoms with Crippen molar-refractivity contribution in [1.29, 1.82) is 0 Å². The maximum absolute atomic E-state index is 12.3. The molecule has 29 heavy (non-hydrogen) atoms. The van der Waals surface area contributed by atoms with Crippen molar-refractivity contribution in [3.05, 3.63) is 58.5 Å². The molecule has 8 heteroatoms. The average Bonchev–Trinajstić information content (AvgIpc) is 3.19. The molecule has 0 saturated carbocycles. The molecule has 0 saturated heterocycles. The fourth-order valence-electron chi connectivity index (χ4n) is 4.27. The zero-order valence-electron chi connectivity index (χ0n) is 16.3. The summed E-state index contributed by atoms with van der Waals surface area (Å²) in [6.45, 7) is 5.40. The number of carbonyl (C=O) groups excluding carboxylic acids is 1. The molecule has 2 N–H and O–H groups in total. The number of carbonyl (C=O) groups is 1. The van der Waals surface area contributed by atoms with Gasteiger partial charge in [-0.3, -0.25) is 9.00 Å². The Kier molecular flexibility index (Phi) is 4.24. The lowest BCUT2D eigenvalue weighted by atomic mass is 10.1. The normalized spacial score (nSPS) is 17.6. The van der Waals surface area contributed by atoms with Crippen LogP contribution >= 0.6 is 0 Å². The second-order valence-electron chi connectivity index (χ2n) is 7.44. The average molecular weight is 407 g/mol. The molecule has 0 fully saturated rings. The Hall–Kier alpha value is -3.00. The molecule has 3 aromatic rings. The lowest BCUT2D eigenvalue weighted by Crippen LogP contribution is -2.35. The second-order valence-corrected chi connectivity index (χ2v) is 8.90. The number of anilines is 2. The quantitative estimate of drug-likeness (QED) is 0.697. The van der Waals surface area contributed by atoms with Crippen molar-refractivity contribution in [3.8, 4) is 11.3 Å². The topological polar surface area (TPSA) is 88.9 Å². The molecule has 0 spiro atoms. The third-order valence-corrected chi connectivity index (χ3v) is 6.88. The molecule has 2 aromatic heterocycles. The molecule has 1 aromatic carbocycles. The van der Waals surface area contributed by atoms with Gasteiger partial charge in [0.05, 0.1) is 5.69 Å². The van der Waals surface area contributed by atoms with Gasteiger partial charge in [-0.15, -0.1) is 0 Å². The van der Waals surface area contributed by atoms with E-state index in [1.807, 2.05) is 38.1 Å². The Labute approximate surface area is 171 Å². The lowest BCUT2D eigenvalue weighted by molar-refractivity contribution is 0.0926. The minimum Gasteiger partial charge on any atom is -0.349 e. The van der Waals surface area contributed by atoms with Crippen molar-refractivity contribution in [2.24, 2.45) is 0 Å². The molecule has 7 nitrogen and oxygen atoms in total. The zero-order valence-corrected chi connectivity index (χ0v) is 17.1. The molecule has 1 atom stereocenters. The smallest absolute Gasteiger partial charge is 0.268 e. The van der Waals surface area contributed by atoms with Gasteiger partial charge >= 0.3 is 0 Å². The summed E-state index contributed by atoms with van der Waals surface area (Å²) < 4.78 is 13.8. The standard InChI is InChI=1S/C21H21N5O2S/c1-12-18(13(2)26-8-7-22-20(27)19(12)26)17-5-6-23-21(25-17)24-16-4-3-14-10-29(28)11-15(14)9-16/h3-6,9H,7-8,10-11H2,1-2H3,(H,22,27)(H,23,24,25). The summed E-state index contributed by atoms with van der Waals surface area (Å²) in [5.41, 5.74) is 7.59. The van der Waals surface area contributed by atoms with Gasteiger partial charge in [0.1, 0.15) is 5.69 Å². The van der Waals surface area contributed by atoms with Gasteiger partial charge in [-0.1, -0.05) is 6.07 Å². The molecule has 4 heterocycles. The summed E-state index contributed by atoms with van der Waals surface area (Å²) in [7, 11) is -0.802. The van der Waals surface area contributed by atoms with Crippen molar-refractivity contribution in [3.63, 3.8) is 0 Å². The molecule has 0 aliphatic carbocycles. The highest BCUT2D eigenvalue weighted by Crippen LogP contribution is 2.33. The third kappa shape index (κ3) is 3.04. The molecule has 148 valence electrons. The Bertz CT molecular complexity index is 1180. The summed E-state index contributed by atoms with van der Waals surface area (Å²) >= 11 is 0. The van der Waals surface area contributed by atoms with E-state index in [0.717, 1.165) is 45.9 Å². The van der Waals surface area contributed by atoms with Crippen LogP contribution in [0.15, 0.2) is 30.5 Å². The number of amides is 1. The van der Waals surface area contributed by atoms with Gasteiger partial charge in [-0.05, 0) is 48.7 Å². The number of rotatable bonds is 3. The summed E-state index contributed by atoms with van der Waals surface area (Å²) in [5, 5.41) is 6.17. The van der Waals surface area contributed by atoms with Gasteiger partial charge in [-0.2, -0.15) is 0 Å². The highest BCUT2D eigenvalue weighted by Gasteiger charge is 2.26. The van der Waals surface area contributed by atoms with Crippen LogP contribution in [-0.4, -0.2) is 31.2 Å². The van der Waals surface area contributed by atoms with Crippen LogP contribution in [0.2, 0.25) is 0 Å². The van der Waals surface area contributed by atoms with Gasteiger partial charge in [0.2, 0.25) is 5.95 Å². The molecule has 5 rings (SSSR count). The van der Waals surface area contributed by atoms with Crippen LogP contribution in [0.3, 0.4) is 0 Å². The lowest BCUT2D eigenvalue weighted by Gasteiger charge is -2.17. The fourth-order valence-corrected chi connectivity index (χ4v) is 5.62. The second kappa shape index (κ2) is 6.81. The first kappa shape index (κ1) is 18.1. The number of hydrogen-bond acceptors (Lipinski definition) is 5. The van der Waals surface area contributed by atoms with Crippen molar-refractivity contribution in [1.82, 2.24) is 19.9 Å². The summed E-state index contributed by atoms with van der Waals surface area (Å²) in [6.07, 6.45) is 1.72. The predicted molar refractivity (Wildman–Crippen MR) is 113 cm³/mol. The zero-order chi connectivity index (χ0) is 20.1. The molecule has 0 bridgehead atoms. The predicted octanol–water partition coefficient (Wildman–Crippen LogP) is 2.81. The van der Waals surface area contributed by atoms with Gasteiger partial charge in [0.25, 0.3) is 5.91 Å². The first-order valence-corrected chi connectivity index (χ1v) is 11.0. The van der Waals surface area contributed by atoms with Gasteiger partial charge in [0, 0.05) is 58.5 Å². The highest BCUT2D eigenvalue weighted by molar-refractivity contribution is 7.83. The number of nitrogens with zero attached hydrogens (tertiary/aromatic N) is 3. The Morgan fingerprint density at radius 3 is 2.83 bits per heavy atom. The van der Waals surface area contributed by atoms with Crippen molar-refractivity contribution >= 4 is 28.3 Å². The van der Waals surface area contributed by atoms with E-state index in [1.54, 1.807) is 6.20 Å². The van der Waals surface area contributed by atoms with E-state index in [2.05, 4.69) is 20.2 Å². The van der Waals surface area contributed by atoms with Crippen molar-refractivity contribution in [2.45, 2.75) is 31.9 Å². The number of aromatic nitrogens is 3. The Morgan fingerprint density at radius 2 is 2.00 bits per heavy atom. The monoisotopic (exact) mass is 407 g/mol. The third-order valence-electron chi connectivity index (χ3n) is 5.61. The summed E-state index contributed by atoms with van der Waals surface area (Å²) in [6, 6.07) is 7.88. The molecule has 2 aliphatic rings. The van der Waals surface area contributed by atoms with Crippen LogP contribution in [0, 0.1) is 13.8 Å². The van der Waals surface area contributed by atoms with E-state index in [1.165, 1.54) is 0 Å². The molecule has 1 amide bonds. The maximum Gasteiger partial charge on any atom is 0.268 e. The number of fused-ring (bicyclic) bond motifs is 2. The first-order chi connectivity index (χ1) is 14.0. The number of nitrogens with one attached hydrogen (secondary N) is 2. The highest BCUT2D eigenvalue weighted by atomic mass is 32.2. The van der Waals surface area contributed by atoms with E-state index in [9.17, 15) is 9.00 Å². The molecule has 2 aliphatic heterocycles. The van der Waals surface area contributed by atoms with E-state index in [4.69, 9.17) is 4.98 Å².